The fourth-order valence-corrected chi connectivity index (χ4v) is 3.27. The van der Waals surface area contributed by atoms with E-state index in [1.165, 1.54) is 0 Å². The van der Waals surface area contributed by atoms with Crippen LogP contribution in [0.1, 0.15) is 5.56 Å². The standard InChI is InChI=1S/C16H10Cl3F3N2O3S/c17-9-1-2-10(18)12(4-9)28-7-14(26)27-6-13(25)24-15-11(19)3-8(5-23-15)16(20,21)22/h1-5H,6-7H2,(H,23,24,25). The maximum atomic E-state index is 12.6. The normalized spacial score (nSPS) is 11.2. The number of aromatic nitrogens is 1. The molecule has 0 aliphatic carbocycles. The van der Waals surface area contributed by atoms with Crippen LogP contribution in [0, 0.1) is 0 Å². The summed E-state index contributed by atoms with van der Waals surface area (Å²) in [6.07, 6.45) is -4.09. The third-order valence-corrected chi connectivity index (χ3v) is 5.02. The molecule has 0 radical (unpaired) electrons. The lowest BCUT2D eigenvalue weighted by atomic mass is 10.3. The molecule has 12 heteroatoms. The quantitative estimate of drug-likeness (QED) is 0.453. The van der Waals surface area contributed by atoms with E-state index in [0.29, 0.717) is 27.2 Å². The highest BCUT2D eigenvalue weighted by atomic mass is 35.5. The van der Waals surface area contributed by atoms with Crippen molar-refractivity contribution in [1.29, 1.82) is 0 Å². The van der Waals surface area contributed by atoms with Crippen LogP contribution in [-0.2, 0) is 20.5 Å². The van der Waals surface area contributed by atoms with E-state index in [4.69, 9.17) is 39.5 Å². The first-order valence-electron chi connectivity index (χ1n) is 7.32. The summed E-state index contributed by atoms with van der Waals surface area (Å²) in [5.41, 5.74) is -1.06. The molecule has 0 unspecified atom stereocenters. The molecule has 0 bridgehead atoms. The van der Waals surface area contributed by atoms with Crippen LogP contribution in [0.5, 0.6) is 0 Å². The van der Waals surface area contributed by atoms with Gasteiger partial charge in [-0.15, -0.1) is 11.8 Å². The number of hydrogen-bond donors (Lipinski definition) is 1. The monoisotopic (exact) mass is 472 g/mol. The number of rotatable bonds is 6. The third-order valence-electron chi connectivity index (χ3n) is 3.03. The van der Waals surface area contributed by atoms with E-state index in [-0.39, 0.29) is 11.6 Å². The highest BCUT2D eigenvalue weighted by molar-refractivity contribution is 8.00. The lowest BCUT2D eigenvalue weighted by Gasteiger charge is -2.10. The third kappa shape index (κ3) is 6.73. The molecule has 2 rings (SSSR count). The second-order valence-electron chi connectivity index (χ2n) is 5.12. The number of carbonyl (C=O) groups is 2. The number of benzene rings is 1. The van der Waals surface area contributed by atoms with Gasteiger partial charge in [0.1, 0.15) is 0 Å². The number of carbonyl (C=O) groups excluding carboxylic acids is 2. The molecule has 0 saturated heterocycles. The summed E-state index contributed by atoms with van der Waals surface area (Å²) >= 11 is 18.5. The second-order valence-corrected chi connectivity index (χ2v) is 7.39. The van der Waals surface area contributed by atoms with Crippen molar-refractivity contribution >= 4 is 64.3 Å². The average molecular weight is 474 g/mol. The van der Waals surface area contributed by atoms with Gasteiger partial charge in [0.2, 0.25) is 0 Å². The Kier molecular flexibility index (Phi) is 7.82. The summed E-state index contributed by atoms with van der Waals surface area (Å²) in [4.78, 5) is 27.5. The number of halogens is 6. The van der Waals surface area contributed by atoms with Crippen LogP contribution < -0.4 is 5.32 Å². The topological polar surface area (TPSA) is 68.3 Å². The molecule has 0 atom stereocenters. The number of amides is 1. The molecule has 28 heavy (non-hydrogen) atoms. The molecule has 0 aliphatic heterocycles. The van der Waals surface area contributed by atoms with Gasteiger partial charge >= 0.3 is 12.1 Å². The maximum absolute atomic E-state index is 12.6. The average Bonchev–Trinajstić information content (AvgIpc) is 2.61. The van der Waals surface area contributed by atoms with Crippen molar-refractivity contribution in [1.82, 2.24) is 4.98 Å². The largest absolute Gasteiger partial charge is 0.455 e. The molecular formula is C16H10Cl3F3N2O3S. The number of alkyl halides is 3. The van der Waals surface area contributed by atoms with Crippen molar-refractivity contribution in [3.8, 4) is 0 Å². The Morgan fingerprint density at radius 1 is 1.14 bits per heavy atom. The highest BCUT2D eigenvalue weighted by Crippen LogP contribution is 2.32. The Hall–Kier alpha value is -1.68. The van der Waals surface area contributed by atoms with Gasteiger partial charge in [0.15, 0.2) is 12.4 Å². The molecule has 0 spiro atoms. The predicted molar refractivity (Wildman–Crippen MR) is 101 cm³/mol. The van der Waals surface area contributed by atoms with E-state index in [1.807, 2.05) is 0 Å². The first-order valence-corrected chi connectivity index (χ1v) is 9.44. The number of thioether (sulfide) groups is 1. The SMILES string of the molecule is O=C(COC(=O)CSc1cc(Cl)ccc1Cl)Nc1ncc(C(F)(F)F)cc1Cl. The fourth-order valence-electron chi connectivity index (χ4n) is 1.77. The smallest absolute Gasteiger partial charge is 0.417 e. The maximum Gasteiger partial charge on any atom is 0.417 e. The van der Waals surface area contributed by atoms with Crippen LogP contribution in [-0.4, -0.2) is 29.2 Å². The van der Waals surface area contributed by atoms with Gasteiger partial charge < -0.3 is 10.1 Å². The summed E-state index contributed by atoms with van der Waals surface area (Å²) in [5.74, 6) is -1.93. The molecule has 0 aliphatic rings. The van der Waals surface area contributed by atoms with Gasteiger partial charge in [-0.1, -0.05) is 34.8 Å². The number of nitrogens with zero attached hydrogens (tertiary/aromatic N) is 1. The minimum Gasteiger partial charge on any atom is -0.455 e. The van der Waals surface area contributed by atoms with Crippen LogP contribution >= 0.6 is 46.6 Å². The molecule has 0 fully saturated rings. The van der Waals surface area contributed by atoms with Crippen LogP contribution in [0.15, 0.2) is 35.4 Å². The van der Waals surface area contributed by atoms with Crippen molar-refractivity contribution in [2.75, 3.05) is 17.7 Å². The highest BCUT2D eigenvalue weighted by Gasteiger charge is 2.31. The lowest BCUT2D eigenvalue weighted by molar-refractivity contribution is -0.144. The molecular weight excluding hydrogens is 464 g/mol. The molecule has 5 nitrogen and oxygen atoms in total. The molecule has 1 N–H and O–H groups in total. The van der Waals surface area contributed by atoms with Crippen molar-refractivity contribution < 1.29 is 27.5 Å². The zero-order valence-electron chi connectivity index (χ0n) is 13.6. The second kappa shape index (κ2) is 9.69. The number of pyridine rings is 1. The Balaban J connectivity index is 1.83. The van der Waals surface area contributed by atoms with Gasteiger partial charge in [0.25, 0.3) is 5.91 Å². The Bertz CT molecular complexity index is 897. The summed E-state index contributed by atoms with van der Waals surface area (Å²) in [5, 5.41) is 2.61. The summed E-state index contributed by atoms with van der Waals surface area (Å²) < 4.78 is 42.4. The first kappa shape index (κ1) is 22.6. The van der Waals surface area contributed by atoms with Crippen LogP contribution in [0.2, 0.25) is 15.1 Å². The molecule has 1 amide bonds. The molecule has 150 valence electrons. The molecule has 1 aromatic heterocycles. The van der Waals surface area contributed by atoms with Crippen molar-refractivity contribution in [3.63, 3.8) is 0 Å². The number of esters is 1. The molecule has 1 aromatic carbocycles. The van der Waals surface area contributed by atoms with Gasteiger partial charge in [-0.3, -0.25) is 9.59 Å². The minimum absolute atomic E-state index is 0.132. The van der Waals surface area contributed by atoms with Gasteiger partial charge in [0, 0.05) is 16.1 Å². The molecule has 2 aromatic rings. The van der Waals surface area contributed by atoms with Gasteiger partial charge in [0.05, 0.1) is 21.4 Å². The van der Waals surface area contributed by atoms with E-state index in [0.717, 1.165) is 11.8 Å². The minimum atomic E-state index is -4.61. The zero-order chi connectivity index (χ0) is 20.9. The summed E-state index contributed by atoms with van der Waals surface area (Å²) in [6, 6.07) is 5.37. The fraction of sp³-hybridized carbons (Fsp3) is 0.188. The van der Waals surface area contributed by atoms with E-state index in [2.05, 4.69) is 10.3 Å². The van der Waals surface area contributed by atoms with Crippen molar-refractivity contribution in [2.45, 2.75) is 11.1 Å². The molecule has 1 heterocycles. The van der Waals surface area contributed by atoms with E-state index in [1.54, 1.807) is 18.2 Å². The molecule has 0 saturated carbocycles. The number of ether oxygens (including phenoxy) is 1. The Morgan fingerprint density at radius 3 is 2.50 bits per heavy atom. The van der Waals surface area contributed by atoms with Crippen molar-refractivity contribution in [2.24, 2.45) is 0 Å². The number of nitrogens with one attached hydrogen (secondary N) is 1. The summed E-state index contributed by atoms with van der Waals surface area (Å²) in [6.45, 7) is -0.665. The Labute approximate surface area is 176 Å². The predicted octanol–water partition coefficient (Wildman–Crippen LogP) is 5.33. The number of hydrogen-bond acceptors (Lipinski definition) is 5. The van der Waals surface area contributed by atoms with Crippen LogP contribution in [0.4, 0.5) is 19.0 Å². The van der Waals surface area contributed by atoms with Crippen molar-refractivity contribution in [3.05, 3.63) is 51.1 Å². The van der Waals surface area contributed by atoms with Crippen LogP contribution in [0.25, 0.3) is 0 Å². The van der Waals surface area contributed by atoms with Crippen LogP contribution in [0.3, 0.4) is 0 Å². The van der Waals surface area contributed by atoms with E-state index in [9.17, 15) is 22.8 Å². The van der Waals surface area contributed by atoms with E-state index < -0.39 is 35.2 Å². The van der Waals surface area contributed by atoms with E-state index >= 15 is 0 Å². The first-order chi connectivity index (χ1) is 13.1. The lowest BCUT2D eigenvalue weighted by Crippen LogP contribution is -2.22. The Morgan fingerprint density at radius 2 is 1.86 bits per heavy atom. The van der Waals surface area contributed by atoms with Gasteiger partial charge in [-0.25, -0.2) is 4.98 Å². The van der Waals surface area contributed by atoms with Gasteiger partial charge in [-0.05, 0) is 24.3 Å². The summed E-state index contributed by atoms with van der Waals surface area (Å²) in [7, 11) is 0. The zero-order valence-corrected chi connectivity index (χ0v) is 16.7. The number of anilines is 1. The van der Waals surface area contributed by atoms with Gasteiger partial charge in [-0.2, -0.15) is 13.2 Å².